The molecule has 0 saturated carbocycles. The number of rotatable bonds is 4. The van der Waals surface area contributed by atoms with Crippen LogP contribution in [0.25, 0.3) is 0 Å². The molecule has 2 rings (SSSR count). The van der Waals surface area contributed by atoms with Gasteiger partial charge in [0.25, 0.3) is 0 Å². The highest BCUT2D eigenvalue weighted by Crippen LogP contribution is 2.19. The third kappa shape index (κ3) is 4.57. The Morgan fingerprint density at radius 3 is 2.26 bits per heavy atom. The fraction of sp³-hybridized carbons (Fsp3) is 0.222. The van der Waals surface area contributed by atoms with Crippen LogP contribution in [0.3, 0.4) is 0 Å². The largest absolute Gasteiger partial charge is 0.326 e. The van der Waals surface area contributed by atoms with Crippen molar-refractivity contribution in [1.82, 2.24) is 0 Å². The van der Waals surface area contributed by atoms with Gasteiger partial charge in [0.2, 0.25) is 5.91 Å². The Balaban J connectivity index is 2.15. The predicted octanol–water partition coefficient (Wildman–Crippen LogP) is 4.01. The third-order valence-electron chi connectivity index (χ3n) is 3.31. The maximum atomic E-state index is 12.5. The molecule has 0 aliphatic heterocycles. The molecule has 2 N–H and O–H groups in total. The normalized spacial score (nSPS) is 10.0. The maximum Gasteiger partial charge on any atom is 0.326 e. The van der Waals surface area contributed by atoms with Gasteiger partial charge in [0.1, 0.15) is 0 Å². The number of carbonyl (C=O) groups is 2. The molecule has 0 aliphatic carbocycles. The Kier molecular flexibility index (Phi) is 5.36. The van der Waals surface area contributed by atoms with E-state index in [9.17, 15) is 9.59 Å². The molecule has 0 atom stereocenters. The molecule has 5 nitrogen and oxygen atoms in total. The van der Waals surface area contributed by atoms with E-state index in [-0.39, 0.29) is 11.9 Å². The minimum absolute atomic E-state index is 0.150. The number of amides is 3. The number of hydrogen-bond donors (Lipinski definition) is 2. The average Bonchev–Trinajstić information content (AvgIpc) is 2.47. The van der Waals surface area contributed by atoms with E-state index in [4.69, 9.17) is 0 Å². The molecular formula is C18H21N3O2. The smallest absolute Gasteiger partial charge is 0.326 e. The highest BCUT2D eigenvalue weighted by molar-refractivity contribution is 6.02. The molecule has 0 bridgehead atoms. The highest BCUT2D eigenvalue weighted by atomic mass is 16.2. The minimum atomic E-state index is -0.210. The van der Waals surface area contributed by atoms with Gasteiger partial charge in [-0.25, -0.2) is 4.79 Å². The predicted molar refractivity (Wildman–Crippen MR) is 94.0 cm³/mol. The van der Waals surface area contributed by atoms with Gasteiger partial charge in [-0.3, -0.25) is 9.69 Å². The number of carbonyl (C=O) groups excluding carboxylic acids is 2. The summed E-state index contributed by atoms with van der Waals surface area (Å²) in [6.45, 7) is 5.92. The summed E-state index contributed by atoms with van der Waals surface area (Å²) in [7, 11) is 0. The molecule has 0 spiro atoms. The molecule has 120 valence electrons. The summed E-state index contributed by atoms with van der Waals surface area (Å²) in [6, 6.07) is 14.7. The monoisotopic (exact) mass is 311 g/mol. The van der Waals surface area contributed by atoms with Crippen molar-refractivity contribution in [1.29, 1.82) is 0 Å². The van der Waals surface area contributed by atoms with E-state index in [1.807, 2.05) is 38.1 Å². The standard InChI is InChI=1S/C18H21N3O2/c1-4-21(17-10-5-7-13(2)11-17)18(23)20-16-9-6-8-15(12-16)19-14(3)22/h5-12H,4H2,1-3H3,(H,19,22)(H,20,23). The zero-order valence-corrected chi connectivity index (χ0v) is 13.6. The molecule has 0 fully saturated rings. The Labute approximate surface area is 136 Å². The van der Waals surface area contributed by atoms with Crippen molar-refractivity contribution in [3.05, 3.63) is 54.1 Å². The van der Waals surface area contributed by atoms with Crippen molar-refractivity contribution in [2.75, 3.05) is 22.1 Å². The van der Waals surface area contributed by atoms with Crippen molar-refractivity contribution in [3.8, 4) is 0 Å². The molecule has 23 heavy (non-hydrogen) atoms. The second-order valence-corrected chi connectivity index (χ2v) is 5.28. The van der Waals surface area contributed by atoms with E-state index < -0.39 is 0 Å². The van der Waals surface area contributed by atoms with Gasteiger partial charge in [-0.15, -0.1) is 0 Å². The number of nitrogens with zero attached hydrogens (tertiary/aromatic N) is 1. The zero-order chi connectivity index (χ0) is 16.8. The summed E-state index contributed by atoms with van der Waals surface area (Å²) >= 11 is 0. The lowest BCUT2D eigenvalue weighted by molar-refractivity contribution is -0.114. The highest BCUT2D eigenvalue weighted by Gasteiger charge is 2.14. The summed E-state index contributed by atoms with van der Waals surface area (Å²) < 4.78 is 0. The van der Waals surface area contributed by atoms with Crippen molar-refractivity contribution < 1.29 is 9.59 Å². The topological polar surface area (TPSA) is 61.4 Å². The first-order chi connectivity index (χ1) is 11.0. The number of aryl methyl sites for hydroxylation is 1. The summed E-state index contributed by atoms with van der Waals surface area (Å²) in [5.74, 6) is -0.150. The first-order valence-corrected chi connectivity index (χ1v) is 7.52. The van der Waals surface area contributed by atoms with Gasteiger partial charge in [-0.1, -0.05) is 18.2 Å². The fourth-order valence-corrected chi connectivity index (χ4v) is 2.31. The van der Waals surface area contributed by atoms with E-state index >= 15 is 0 Å². The average molecular weight is 311 g/mol. The molecule has 2 aromatic rings. The summed E-state index contributed by atoms with van der Waals surface area (Å²) in [5.41, 5.74) is 3.23. The number of anilines is 3. The SMILES string of the molecule is CCN(C(=O)Nc1cccc(NC(C)=O)c1)c1cccc(C)c1. The van der Waals surface area contributed by atoms with Crippen LogP contribution in [0.15, 0.2) is 48.5 Å². The second-order valence-electron chi connectivity index (χ2n) is 5.28. The van der Waals surface area contributed by atoms with Gasteiger partial charge in [-0.05, 0) is 49.7 Å². The van der Waals surface area contributed by atoms with E-state index in [0.29, 0.717) is 17.9 Å². The molecule has 0 aromatic heterocycles. The summed E-state index contributed by atoms with van der Waals surface area (Å²) in [4.78, 5) is 25.3. The van der Waals surface area contributed by atoms with Crippen LogP contribution >= 0.6 is 0 Å². The lowest BCUT2D eigenvalue weighted by atomic mass is 10.2. The van der Waals surface area contributed by atoms with Crippen LogP contribution < -0.4 is 15.5 Å². The number of benzene rings is 2. The van der Waals surface area contributed by atoms with Crippen LogP contribution in [-0.2, 0) is 4.79 Å². The molecule has 0 aliphatic rings. The van der Waals surface area contributed by atoms with Crippen molar-refractivity contribution in [2.24, 2.45) is 0 Å². The van der Waals surface area contributed by atoms with Gasteiger partial charge in [0.15, 0.2) is 0 Å². The van der Waals surface area contributed by atoms with Crippen LogP contribution in [-0.4, -0.2) is 18.5 Å². The van der Waals surface area contributed by atoms with Crippen molar-refractivity contribution in [2.45, 2.75) is 20.8 Å². The number of nitrogens with one attached hydrogen (secondary N) is 2. The van der Waals surface area contributed by atoms with Gasteiger partial charge in [-0.2, -0.15) is 0 Å². The Hall–Kier alpha value is -2.82. The minimum Gasteiger partial charge on any atom is -0.326 e. The zero-order valence-electron chi connectivity index (χ0n) is 13.6. The van der Waals surface area contributed by atoms with Crippen molar-refractivity contribution >= 4 is 29.0 Å². The summed E-state index contributed by atoms with van der Waals surface area (Å²) in [6.07, 6.45) is 0. The quantitative estimate of drug-likeness (QED) is 0.896. The van der Waals surface area contributed by atoms with Crippen molar-refractivity contribution in [3.63, 3.8) is 0 Å². The van der Waals surface area contributed by atoms with E-state index in [2.05, 4.69) is 10.6 Å². The molecule has 0 heterocycles. The van der Waals surface area contributed by atoms with E-state index in [0.717, 1.165) is 11.3 Å². The number of hydrogen-bond acceptors (Lipinski definition) is 2. The van der Waals surface area contributed by atoms with E-state index in [1.165, 1.54) is 6.92 Å². The van der Waals surface area contributed by atoms with Gasteiger partial charge >= 0.3 is 6.03 Å². The van der Waals surface area contributed by atoms with Crippen LogP contribution in [0.4, 0.5) is 21.9 Å². The van der Waals surface area contributed by atoms with Gasteiger partial charge in [0, 0.05) is 30.5 Å². The molecule has 3 amide bonds. The molecule has 5 heteroatoms. The molecule has 2 aromatic carbocycles. The van der Waals surface area contributed by atoms with Crippen LogP contribution in [0.2, 0.25) is 0 Å². The Morgan fingerprint density at radius 1 is 1.00 bits per heavy atom. The lowest BCUT2D eigenvalue weighted by Gasteiger charge is -2.22. The summed E-state index contributed by atoms with van der Waals surface area (Å²) in [5, 5.41) is 5.56. The Bertz CT molecular complexity index is 713. The number of urea groups is 1. The van der Waals surface area contributed by atoms with Gasteiger partial charge in [0.05, 0.1) is 0 Å². The third-order valence-corrected chi connectivity index (χ3v) is 3.31. The fourth-order valence-electron chi connectivity index (χ4n) is 2.31. The molecule has 0 radical (unpaired) electrons. The maximum absolute atomic E-state index is 12.5. The lowest BCUT2D eigenvalue weighted by Crippen LogP contribution is -2.34. The first kappa shape index (κ1) is 16.5. The van der Waals surface area contributed by atoms with Gasteiger partial charge < -0.3 is 10.6 Å². The molecular weight excluding hydrogens is 290 g/mol. The van der Waals surface area contributed by atoms with Crippen LogP contribution in [0.5, 0.6) is 0 Å². The van der Waals surface area contributed by atoms with E-state index in [1.54, 1.807) is 29.2 Å². The van der Waals surface area contributed by atoms with Crippen LogP contribution in [0.1, 0.15) is 19.4 Å². The van der Waals surface area contributed by atoms with Crippen LogP contribution in [0, 0.1) is 6.92 Å². The second kappa shape index (κ2) is 7.45. The first-order valence-electron chi connectivity index (χ1n) is 7.52. The molecule has 0 unspecified atom stereocenters. The molecule has 0 saturated heterocycles. The Morgan fingerprint density at radius 2 is 1.65 bits per heavy atom.